The van der Waals surface area contributed by atoms with Gasteiger partial charge in [0.25, 0.3) is 5.91 Å². The Hall–Kier alpha value is -3.46. The van der Waals surface area contributed by atoms with Gasteiger partial charge < -0.3 is 20.7 Å². The number of anilines is 2. The predicted octanol–water partition coefficient (Wildman–Crippen LogP) is 2.93. The maximum Gasteiger partial charge on any atom is 0.251 e. The SMILES string of the molecule is CCn1ncc2c(NC3CCOCC3)c(CNC(=O)c3ccc(NC(C)=O)cc3)cnc21. The summed E-state index contributed by atoms with van der Waals surface area (Å²) in [5.41, 5.74) is 3.86. The van der Waals surface area contributed by atoms with Crippen molar-refractivity contribution in [3.63, 3.8) is 0 Å². The first-order chi connectivity index (χ1) is 15.5. The zero-order valence-electron chi connectivity index (χ0n) is 18.4. The molecule has 9 nitrogen and oxygen atoms in total. The molecule has 1 aliphatic rings. The molecule has 1 fully saturated rings. The Bertz CT molecular complexity index is 1100. The second kappa shape index (κ2) is 9.78. The molecule has 0 bridgehead atoms. The van der Waals surface area contributed by atoms with Gasteiger partial charge in [-0.05, 0) is 44.0 Å². The summed E-state index contributed by atoms with van der Waals surface area (Å²) < 4.78 is 7.35. The fraction of sp³-hybridized carbons (Fsp3) is 0.391. The number of hydrogen-bond acceptors (Lipinski definition) is 6. The number of amides is 2. The van der Waals surface area contributed by atoms with Gasteiger partial charge in [-0.25, -0.2) is 9.67 Å². The summed E-state index contributed by atoms with van der Waals surface area (Å²) >= 11 is 0. The highest BCUT2D eigenvalue weighted by atomic mass is 16.5. The number of aryl methyl sites for hydroxylation is 1. The second-order valence-corrected chi connectivity index (χ2v) is 7.83. The Balaban J connectivity index is 1.53. The maximum atomic E-state index is 12.7. The molecule has 3 heterocycles. The van der Waals surface area contributed by atoms with Crippen LogP contribution in [0.15, 0.2) is 36.7 Å². The summed E-state index contributed by atoms with van der Waals surface area (Å²) in [6.07, 6.45) is 5.49. The van der Waals surface area contributed by atoms with Crippen LogP contribution in [0.2, 0.25) is 0 Å². The van der Waals surface area contributed by atoms with E-state index >= 15 is 0 Å². The molecule has 0 radical (unpaired) electrons. The number of nitrogens with zero attached hydrogens (tertiary/aromatic N) is 3. The molecular formula is C23H28N6O3. The van der Waals surface area contributed by atoms with Crippen molar-refractivity contribution in [2.45, 2.75) is 45.8 Å². The molecule has 3 N–H and O–H groups in total. The van der Waals surface area contributed by atoms with E-state index in [0.29, 0.717) is 23.8 Å². The molecule has 2 amide bonds. The van der Waals surface area contributed by atoms with E-state index in [1.165, 1.54) is 6.92 Å². The van der Waals surface area contributed by atoms with Crippen molar-refractivity contribution >= 4 is 34.2 Å². The molecule has 3 aromatic rings. The molecule has 2 aromatic heterocycles. The molecule has 0 atom stereocenters. The largest absolute Gasteiger partial charge is 0.381 e. The van der Waals surface area contributed by atoms with E-state index in [1.807, 2.05) is 17.8 Å². The number of aromatic nitrogens is 3. The molecule has 0 unspecified atom stereocenters. The second-order valence-electron chi connectivity index (χ2n) is 7.83. The molecule has 1 saturated heterocycles. The summed E-state index contributed by atoms with van der Waals surface area (Å²) in [6, 6.07) is 7.10. The van der Waals surface area contributed by atoms with Crippen LogP contribution in [0, 0.1) is 0 Å². The normalized spacial score (nSPS) is 14.3. The summed E-state index contributed by atoms with van der Waals surface area (Å²) in [4.78, 5) is 28.5. The lowest BCUT2D eigenvalue weighted by molar-refractivity contribution is -0.114. The minimum absolute atomic E-state index is 0.152. The summed E-state index contributed by atoms with van der Waals surface area (Å²) in [5, 5.41) is 14.7. The van der Waals surface area contributed by atoms with E-state index in [0.717, 1.165) is 54.9 Å². The molecule has 32 heavy (non-hydrogen) atoms. The van der Waals surface area contributed by atoms with Crippen LogP contribution in [-0.2, 0) is 22.6 Å². The minimum Gasteiger partial charge on any atom is -0.381 e. The van der Waals surface area contributed by atoms with Crippen LogP contribution in [0.1, 0.15) is 42.6 Å². The van der Waals surface area contributed by atoms with Crippen LogP contribution in [0.4, 0.5) is 11.4 Å². The summed E-state index contributed by atoms with van der Waals surface area (Å²) in [7, 11) is 0. The van der Waals surface area contributed by atoms with Crippen LogP contribution < -0.4 is 16.0 Å². The summed E-state index contributed by atoms with van der Waals surface area (Å²) in [5.74, 6) is -0.346. The van der Waals surface area contributed by atoms with Crippen LogP contribution in [0.3, 0.4) is 0 Å². The zero-order chi connectivity index (χ0) is 22.5. The van der Waals surface area contributed by atoms with Gasteiger partial charge in [-0.3, -0.25) is 9.59 Å². The van der Waals surface area contributed by atoms with Crippen LogP contribution in [0.25, 0.3) is 11.0 Å². The molecule has 1 aromatic carbocycles. The third-order valence-corrected chi connectivity index (χ3v) is 5.52. The van der Waals surface area contributed by atoms with Gasteiger partial charge in [-0.15, -0.1) is 0 Å². The first kappa shape index (κ1) is 21.8. The van der Waals surface area contributed by atoms with E-state index in [2.05, 4.69) is 26.0 Å². The van der Waals surface area contributed by atoms with Gasteiger partial charge in [0.2, 0.25) is 5.91 Å². The number of fused-ring (bicyclic) bond motifs is 1. The Morgan fingerprint density at radius 2 is 1.91 bits per heavy atom. The van der Waals surface area contributed by atoms with E-state index in [4.69, 9.17) is 4.74 Å². The highest BCUT2D eigenvalue weighted by Crippen LogP contribution is 2.28. The fourth-order valence-electron chi connectivity index (χ4n) is 3.84. The highest BCUT2D eigenvalue weighted by Gasteiger charge is 2.19. The number of carbonyl (C=O) groups excluding carboxylic acids is 2. The van der Waals surface area contributed by atoms with E-state index in [1.54, 1.807) is 30.5 Å². The van der Waals surface area contributed by atoms with E-state index in [-0.39, 0.29) is 11.8 Å². The molecule has 0 aliphatic carbocycles. The maximum absolute atomic E-state index is 12.7. The molecule has 0 saturated carbocycles. The van der Waals surface area contributed by atoms with Gasteiger partial charge in [0.05, 0.1) is 17.3 Å². The van der Waals surface area contributed by atoms with E-state index in [9.17, 15) is 9.59 Å². The van der Waals surface area contributed by atoms with Crippen molar-refractivity contribution in [2.75, 3.05) is 23.8 Å². The Labute approximate surface area is 186 Å². The highest BCUT2D eigenvalue weighted by molar-refractivity contribution is 5.96. The molecule has 168 valence electrons. The van der Waals surface area contributed by atoms with Crippen molar-refractivity contribution in [1.29, 1.82) is 0 Å². The molecule has 0 spiro atoms. The number of benzene rings is 1. The van der Waals surface area contributed by atoms with Crippen molar-refractivity contribution in [2.24, 2.45) is 0 Å². The average Bonchev–Trinajstić information content (AvgIpc) is 3.22. The van der Waals surface area contributed by atoms with Crippen molar-refractivity contribution in [3.8, 4) is 0 Å². The average molecular weight is 437 g/mol. The lowest BCUT2D eigenvalue weighted by Crippen LogP contribution is -2.29. The third kappa shape index (κ3) is 4.88. The predicted molar refractivity (Wildman–Crippen MR) is 123 cm³/mol. The molecule has 4 rings (SSSR count). The zero-order valence-corrected chi connectivity index (χ0v) is 18.4. The van der Waals surface area contributed by atoms with Crippen LogP contribution in [-0.4, -0.2) is 45.8 Å². The van der Waals surface area contributed by atoms with Crippen LogP contribution in [0.5, 0.6) is 0 Å². The smallest absolute Gasteiger partial charge is 0.251 e. The first-order valence-corrected chi connectivity index (χ1v) is 10.9. The monoisotopic (exact) mass is 436 g/mol. The Morgan fingerprint density at radius 1 is 1.16 bits per heavy atom. The number of rotatable bonds is 7. The lowest BCUT2D eigenvalue weighted by Gasteiger charge is -2.25. The van der Waals surface area contributed by atoms with Gasteiger partial charge >= 0.3 is 0 Å². The fourth-order valence-corrected chi connectivity index (χ4v) is 3.84. The van der Waals surface area contributed by atoms with Gasteiger partial charge in [-0.2, -0.15) is 5.10 Å². The number of pyridine rings is 1. The topological polar surface area (TPSA) is 110 Å². The lowest BCUT2D eigenvalue weighted by atomic mass is 10.1. The van der Waals surface area contributed by atoms with Crippen molar-refractivity contribution in [1.82, 2.24) is 20.1 Å². The standard InChI is InChI=1S/C23H28N6O3/c1-3-29-22-20(14-26-29)21(28-19-8-10-32-11-9-19)17(12-24-22)13-25-23(31)16-4-6-18(7-5-16)27-15(2)30/h4-7,12,14,19H,3,8-11,13H2,1-2H3,(H,24,28)(H,25,31)(H,27,30). The van der Waals surface area contributed by atoms with Gasteiger partial charge in [0.15, 0.2) is 5.65 Å². The minimum atomic E-state index is -0.194. The first-order valence-electron chi connectivity index (χ1n) is 10.9. The van der Waals surface area contributed by atoms with Gasteiger partial charge in [0, 0.05) is 62.3 Å². The molecular weight excluding hydrogens is 408 g/mol. The van der Waals surface area contributed by atoms with Crippen molar-refractivity contribution < 1.29 is 14.3 Å². The van der Waals surface area contributed by atoms with E-state index < -0.39 is 0 Å². The quantitative estimate of drug-likeness (QED) is 0.525. The molecule has 9 heteroatoms. The van der Waals surface area contributed by atoms with Gasteiger partial charge in [-0.1, -0.05) is 0 Å². The number of nitrogens with one attached hydrogen (secondary N) is 3. The Kier molecular flexibility index (Phi) is 6.65. The van der Waals surface area contributed by atoms with Crippen LogP contribution >= 0.6 is 0 Å². The summed E-state index contributed by atoms with van der Waals surface area (Å²) in [6.45, 7) is 6.02. The third-order valence-electron chi connectivity index (χ3n) is 5.52. The Morgan fingerprint density at radius 3 is 2.59 bits per heavy atom. The number of ether oxygens (including phenoxy) is 1. The number of hydrogen-bond donors (Lipinski definition) is 3. The van der Waals surface area contributed by atoms with Crippen molar-refractivity contribution in [3.05, 3.63) is 47.8 Å². The van der Waals surface area contributed by atoms with Gasteiger partial charge in [0.1, 0.15) is 0 Å². The molecule has 1 aliphatic heterocycles. The number of carbonyl (C=O) groups is 2.